The molecule has 260 valence electrons. The first-order chi connectivity index (χ1) is 22.5. The third-order valence-electron chi connectivity index (χ3n) is 9.14. The monoisotopic (exact) mass is 711 g/mol. The van der Waals surface area contributed by atoms with Gasteiger partial charge >= 0.3 is 12.3 Å². The SMILES string of the molecule is CC1(C)CC(CCCCc2ccc(S(=O)(=O)NC(=O)c3ccc(-n4ccc(OCCC5(C(F)(F)F)CC5)n4)nc3Cl)cc2)CN1C(=O)O. The highest BCUT2D eigenvalue weighted by Gasteiger charge is 2.62. The average molecular weight is 712 g/mol. The second-order valence-electron chi connectivity index (χ2n) is 13.1. The lowest BCUT2D eigenvalue weighted by Crippen LogP contribution is -2.41. The van der Waals surface area contributed by atoms with Crippen LogP contribution in [0.3, 0.4) is 0 Å². The number of hydrogen-bond acceptors (Lipinski definition) is 7. The first kappa shape index (κ1) is 35.5. The molecule has 0 spiro atoms. The number of sulfonamides is 1. The Bertz CT molecular complexity index is 1760. The largest absolute Gasteiger partial charge is 0.477 e. The predicted molar refractivity (Wildman–Crippen MR) is 170 cm³/mol. The third-order valence-corrected chi connectivity index (χ3v) is 10.8. The summed E-state index contributed by atoms with van der Waals surface area (Å²) in [6, 6.07) is 10.3. The Morgan fingerprint density at radius 2 is 1.81 bits per heavy atom. The number of pyridine rings is 1. The molecule has 0 bridgehead atoms. The molecule has 1 aliphatic heterocycles. The molecule has 0 radical (unpaired) electrons. The lowest BCUT2D eigenvalue weighted by atomic mass is 9.92. The van der Waals surface area contributed by atoms with Crippen LogP contribution in [0.15, 0.2) is 53.6 Å². The number of aryl methyl sites for hydroxylation is 1. The second kappa shape index (κ2) is 13.6. The van der Waals surface area contributed by atoms with Gasteiger partial charge in [0.15, 0.2) is 5.82 Å². The summed E-state index contributed by atoms with van der Waals surface area (Å²) in [5.74, 6) is -0.407. The minimum Gasteiger partial charge on any atom is -0.477 e. The van der Waals surface area contributed by atoms with Crippen LogP contribution in [0.4, 0.5) is 18.0 Å². The number of halogens is 4. The number of nitrogens with zero attached hydrogens (tertiary/aromatic N) is 4. The van der Waals surface area contributed by atoms with Gasteiger partial charge in [-0.05, 0) is 94.5 Å². The number of amides is 2. The Kier molecular flexibility index (Phi) is 10.0. The van der Waals surface area contributed by atoms with Crippen molar-refractivity contribution in [1.82, 2.24) is 24.4 Å². The first-order valence-corrected chi connectivity index (χ1v) is 17.4. The van der Waals surface area contributed by atoms with Crippen molar-refractivity contribution in [3.8, 4) is 11.7 Å². The van der Waals surface area contributed by atoms with Crippen molar-refractivity contribution < 1.29 is 41.0 Å². The van der Waals surface area contributed by atoms with E-state index in [-0.39, 0.29) is 58.7 Å². The summed E-state index contributed by atoms with van der Waals surface area (Å²) >= 11 is 6.22. The number of benzene rings is 1. The van der Waals surface area contributed by atoms with E-state index in [0.717, 1.165) is 37.7 Å². The molecular formula is C32H37ClF3N5O6S. The quantitative estimate of drug-likeness (QED) is 0.148. The molecule has 11 nitrogen and oxygen atoms in total. The number of carbonyl (C=O) groups excluding carboxylic acids is 1. The Morgan fingerprint density at radius 3 is 2.42 bits per heavy atom. The number of nitrogens with one attached hydrogen (secondary N) is 1. The molecule has 3 aromatic rings. The summed E-state index contributed by atoms with van der Waals surface area (Å²) < 4.78 is 73.9. The molecule has 1 saturated carbocycles. The van der Waals surface area contributed by atoms with Crippen LogP contribution in [0, 0.1) is 11.3 Å². The fourth-order valence-corrected chi connectivity index (χ4v) is 7.36. The van der Waals surface area contributed by atoms with E-state index in [1.54, 1.807) is 12.1 Å². The molecule has 5 rings (SSSR count). The lowest BCUT2D eigenvalue weighted by Gasteiger charge is -2.28. The number of unbranched alkanes of at least 4 members (excludes halogenated alkanes) is 1. The van der Waals surface area contributed by atoms with Crippen molar-refractivity contribution >= 4 is 33.6 Å². The highest BCUT2D eigenvalue weighted by Crippen LogP contribution is 2.59. The summed E-state index contributed by atoms with van der Waals surface area (Å²) in [5, 5.41) is 13.3. The van der Waals surface area contributed by atoms with Crippen LogP contribution in [0.1, 0.15) is 74.7 Å². The number of likely N-dealkylation sites (tertiary alicyclic amines) is 1. The molecule has 2 fully saturated rings. The number of rotatable bonds is 13. The zero-order valence-corrected chi connectivity index (χ0v) is 28.0. The van der Waals surface area contributed by atoms with Gasteiger partial charge in [0.2, 0.25) is 5.88 Å². The van der Waals surface area contributed by atoms with E-state index in [0.29, 0.717) is 12.5 Å². The van der Waals surface area contributed by atoms with Crippen molar-refractivity contribution in [2.45, 2.75) is 81.8 Å². The summed E-state index contributed by atoms with van der Waals surface area (Å²) in [4.78, 5) is 29.8. The number of alkyl halides is 3. The molecule has 1 unspecified atom stereocenters. The molecule has 16 heteroatoms. The normalized spacial score (nSPS) is 18.5. The Morgan fingerprint density at radius 1 is 1.10 bits per heavy atom. The van der Waals surface area contributed by atoms with Crippen molar-refractivity contribution in [2.75, 3.05) is 13.2 Å². The van der Waals surface area contributed by atoms with E-state index >= 15 is 0 Å². The van der Waals surface area contributed by atoms with Gasteiger partial charge in [0.1, 0.15) is 5.15 Å². The summed E-state index contributed by atoms with van der Waals surface area (Å²) in [6.45, 7) is 4.26. The third kappa shape index (κ3) is 8.05. The molecule has 2 aliphatic rings. The van der Waals surface area contributed by atoms with Gasteiger partial charge in [0.25, 0.3) is 15.9 Å². The molecule has 48 heavy (non-hydrogen) atoms. The zero-order chi connectivity index (χ0) is 34.9. The Hall–Kier alpha value is -3.85. The maximum Gasteiger partial charge on any atom is 0.407 e. The van der Waals surface area contributed by atoms with Crippen molar-refractivity contribution in [3.63, 3.8) is 0 Å². The average Bonchev–Trinajstić information content (AvgIpc) is 3.55. The van der Waals surface area contributed by atoms with Gasteiger partial charge in [-0.25, -0.2) is 27.6 Å². The highest BCUT2D eigenvalue weighted by molar-refractivity contribution is 7.90. The second-order valence-corrected chi connectivity index (χ2v) is 15.1. The molecule has 1 atom stereocenters. The van der Waals surface area contributed by atoms with Crippen molar-refractivity contribution in [3.05, 3.63) is 64.9 Å². The first-order valence-electron chi connectivity index (χ1n) is 15.6. The molecule has 3 heterocycles. The van der Waals surface area contributed by atoms with Crippen LogP contribution in [0.2, 0.25) is 5.15 Å². The smallest absolute Gasteiger partial charge is 0.407 e. The number of aromatic nitrogens is 3. The zero-order valence-electron chi connectivity index (χ0n) is 26.5. The fraction of sp³-hybridized carbons (Fsp3) is 0.500. The van der Waals surface area contributed by atoms with Crippen molar-refractivity contribution in [1.29, 1.82) is 0 Å². The molecule has 2 N–H and O–H groups in total. The van der Waals surface area contributed by atoms with Gasteiger partial charge in [-0.1, -0.05) is 30.2 Å². The number of carboxylic acid groups (broad SMARTS) is 1. The summed E-state index contributed by atoms with van der Waals surface area (Å²) in [6.07, 6.45) is 0.553. The highest BCUT2D eigenvalue weighted by atomic mass is 35.5. The molecule has 1 saturated heterocycles. The maximum absolute atomic E-state index is 13.1. The maximum atomic E-state index is 13.1. The van der Waals surface area contributed by atoms with Gasteiger partial charge in [-0.3, -0.25) is 4.79 Å². The van der Waals surface area contributed by atoms with Gasteiger partial charge in [0.05, 0.1) is 22.5 Å². The standard InChI is InChI=1S/C32H37ClF3N5O6S/c1-30(2)19-22(20-40(30)29(43)44)6-4-3-5-21-7-9-23(10-8-21)48(45,46)39-28(42)24-11-12-25(37-27(24)33)41-17-13-26(38-41)47-18-16-31(14-15-31)32(34,35)36/h7-13,17,22H,3-6,14-16,18-20H2,1-2H3,(H,39,42)(H,43,44). The van der Waals surface area contributed by atoms with Crippen LogP contribution < -0.4 is 9.46 Å². The van der Waals surface area contributed by atoms with Gasteiger partial charge in [-0.15, -0.1) is 5.10 Å². The molecule has 2 amide bonds. The molecule has 2 aromatic heterocycles. The lowest BCUT2D eigenvalue weighted by molar-refractivity contribution is -0.190. The van der Waals surface area contributed by atoms with E-state index < -0.39 is 33.6 Å². The van der Waals surface area contributed by atoms with E-state index in [9.17, 15) is 36.3 Å². The topological polar surface area (TPSA) is 144 Å². The Balaban J connectivity index is 1.10. The van der Waals surface area contributed by atoms with Crippen LogP contribution in [0.25, 0.3) is 5.82 Å². The van der Waals surface area contributed by atoms with Crippen LogP contribution >= 0.6 is 11.6 Å². The number of ether oxygens (including phenoxy) is 1. The van der Waals surface area contributed by atoms with E-state index in [1.807, 2.05) is 18.6 Å². The van der Waals surface area contributed by atoms with Crippen LogP contribution in [-0.2, 0) is 16.4 Å². The van der Waals surface area contributed by atoms with E-state index in [4.69, 9.17) is 16.3 Å². The van der Waals surface area contributed by atoms with E-state index in [2.05, 4.69) is 10.1 Å². The Labute approximate surface area is 281 Å². The summed E-state index contributed by atoms with van der Waals surface area (Å²) in [5.41, 5.74) is -1.31. The van der Waals surface area contributed by atoms with Gasteiger partial charge in [0, 0.05) is 24.3 Å². The number of hydrogen-bond donors (Lipinski definition) is 2. The predicted octanol–water partition coefficient (Wildman–Crippen LogP) is 6.64. The number of carbonyl (C=O) groups is 2. The fourth-order valence-electron chi connectivity index (χ4n) is 6.16. The minimum absolute atomic E-state index is 0.0870. The van der Waals surface area contributed by atoms with Gasteiger partial charge in [-0.2, -0.15) is 13.2 Å². The molecule has 1 aromatic carbocycles. The molecular weight excluding hydrogens is 675 g/mol. The van der Waals surface area contributed by atoms with Crippen LogP contribution in [-0.4, -0.2) is 70.1 Å². The van der Waals surface area contributed by atoms with Crippen molar-refractivity contribution in [2.24, 2.45) is 11.3 Å². The van der Waals surface area contributed by atoms with Crippen LogP contribution in [0.5, 0.6) is 5.88 Å². The molecule has 1 aliphatic carbocycles. The van der Waals surface area contributed by atoms with E-state index in [1.165, 1.54) is 46.1 Å². The van der Waals surface area contributed by atoms with Gasteiger partial charge < -0.3 is 14.7 Å². The summed E-state index contributed by atoms with van der Waals surface area (Å²) in [7, 11) is -4.23. The minimum atomic E-state index is -4.26.